The van der Waals surface area contributed by atoms with E-state index in [0.717, 1.165) is 18.4 Å². The maximum atomic E-state index is 14.0. The summed E-state index contributed by atoms with van der Waals surface area (Å²) in [6.45, 7) is 0.764. The van der Waals surface area contributed by atoms with Crippen molar-refractivity contribution in [3.63, 3.8) is 0 Å². The van der Waals surface area contributed by atoms with Crippen LogP contribution in [0.2, 0.25) is 0 Å². The molecule has 2 aromatic carbocycles. The highest BCUT2D eigenvalue weighted by molar-refractivity contribution is 7.92. The second kappa shape index (κ2) is 13.0. The topological polar surface area (TPSA) is 102 Å². The van der Waals surface area contributed by atoms with Gasteiger partial charge in [-0.15, -0.1) is 11.3 Å². The Hall–Kier alpha value is -3.49. The van der Waals surface area contributed by atoms with E-state index in [0.29, 0.717) is 28.3 Å². The fourth-order valence-corrected chi connectivity index (χ4v) is 8.53. The van der Waals surface area contributed by atoms with Gasteiger partial charge >= 0.3 is 0 Å². The summed E-state index contributed by atoms with van der Waals surface area (Å²) in [4.78, 5) is 34.7. The summed E-state index contributed by atoms with van der Waals surface area (Å²) in [5, 5.41) is 0. The van der Waals surface area contributed by atoms with E-state index in [1.807, 2.05) is 36.4 Å². The van der Waals surface area contributed by atoms with Crippen molar-refractivity contribution in [1.29, 1.82) is 0 Å². The number of nitrogens with zero attached hydrogens (tertiary/aromatic N) is 1. The van der Waals surface area contributed by atoms with Crippen molar-refractivity contribution in [3.8, 4) is 11.8 Å². The van der Waals surface area contributed by atoms with E-state index in [9.17, 15) is 18.0 Å². The predicted octanol–water partition coefficient (Wildman–Crippen LogP) is 4.27. The molecule has 2 fully saturated rings. The number of hydrogen-bond donors (Lipinski definition) is 1. The first kappa shape index (κ1) is 29.0. The normalized spacial score (nSPS) is 22.1. The van der Waals surface area contributed by atoms with Crippen molar-refractivity contribution >= 4 is 33.0 Å². The van der Waals surface area contributed by atoms with Crippen LogP contribution in [0.1, 0.15) is 57.8 Å². The molecule has 10 heteroatoms. The van der Waals surface area contributed by atoms with Gasteiger partial charge in [0, 0.05) is 42.1 Å². The molecule has 2 unspecified atom stereocenters. The van der Waals surface area contributed by atoms with Crippen LogP contribution < -0.4 is 5.48 Å². The zero-order valence-corrected chi connectivity index (χ0v) is 24.2. The highest BCUT2D eigenvalue weighted by Crippen LogP contribution is 2.43. The van der Waals surface area contributed by atoms with Crippen LogP contribution in [-0.2, 0) is 29.0 Å². The Kier molecular flexibility index (Phi) is 9.20. The van der Waals surface area contributed by atoms with Crippen molar-refractivity contribution < 1.29 is 27.6 Å². The fourth-order valence-electron chi connectivity index (χ4n) is 5.07. The zero-order valence-electron chi connectivity index (χ0n) is 22.6. The highest BCUT2D eigenvalue weighted by Gasteiger charge is 2.50. The van der Waals surface area contributed by atoms with E-state index in [4.69, 9.17) is 9.57 Å². The third-order valence-electron chi connectivity index (χ3n) is 7.37. The Morgan fingerprint density at radius 3 is 2.49 bits per heavy atom. The first-order chi connectivity index (χ1) is 19.9. The summed E-state index contributed by atoms with van der Waals surface area (Å²) in [7, 11) is -3.89. The quantitative estimate of drug-likeness (QED) is 0.339. The van der Waals surface area contributed by atoms with Gasteiger partial charge in [-0.2, -0.15) is 0 Å². The van der Waals surface area contributed by atoms with Crippen molar-refractivity contribution in [2.45, 2.75) is 43.1 Å². The number of ether oxygens (including phenoxy) is 1. The van der Waals surface area contributed by atoms with E-state index >= 15 is 0 Å². The molecule has 3 heterocycles. The van der Waals surface area contributed by atoms with Crippen LogP contribution in [0.4, 0.5) is 0 Å². The van der Waals surface area contributed by atoms with Crippen molar-refractivity contribution in [2.75, 3.05) is 25.4 Å². The molecule has 0 bridgehead atoms. The Bertz CT molecular complexity index is 1520. The number of hydroxylamine groups is 1. The number of thiophene rings is 1. The monoisotopic (exact) mass is 592 g/mol. The van der Waals surface area contributed by atoms with Crippen molar-refractivity contribution in [3.05, 3.63) is 93.7 Å². The van der Waals surface area contributed by atoms with Crippen molar-refractivity contribution in [1.82, 2.24) is 10.4 Å². The summed E-state index contributed by atoms with van der Waals surface area (Å²) < 4.78 is 32.1. The van der Waals surface area contributed by atoms with Crippen LogP contribution in [0.15, 0.2) is 72.8 Å². The first-order valence-electron chi connectivity index (χ1n) is 13.7. The molecule has 5 rings (SSSR count). The number of nitrogens with one attached hydrogen (secondary N) is 1. The Morgan fingerprint density at radius 2 is 1.76 bits per heavy atom. The minimum atomic E-state index is -3.89. The van der Waals surface area contributed by atoms with Gasteiger partial charge in [-0.1, -0.05) is 48.2 Å². The largest absolute Gasteiger partial charge is 0.350 e. The number of carbonyl (C=O) groups is 2. The van der Waals surface area contributed by atoms with Crippen molar-refractivity contribution in [2.24, 2.45) is 0 Å². The van der Waals surface area contributed by atoms with E-state index in [1.165, 1.54) is 11.3 Å². The van der Waals surface area contributed by atoms with Gasteiger partial charge in [-0.05, 0) is 55.7 Å². The summed E-state index contributed by atoms with van der Waals surface area (Å²) >= 11 is 1.26. The summed E-state index contributed by atoms with van der Waals surface area (Å²) in [5.41, 5.74) is 3.77. The van der Waals surface area contributed by atoms with Crippen LogP contribution >= 0.6 is 11.3 Å². The van der Waals surface area contributed by atoms with E-state index in [2.05, 4.69) is 17.3 Å². The molecule has 2 aliphatic heterocycles. The molecule has 0 saturated carbocycles. The third-order valence-corrected chi connectivity index (χ3v) is 11.2. The molecular formula is C31H32N2O6S2. The van der Waals surface area contributed by atoms with Crippen LogP contribution in [0.25, 0.3) is 0 Å². The molecule has 1 N–H and O–H groups in total. The lowest BCUT2D eigenvalue weighted by molar-refractivity contribution is -0.200. The molecule has 2 atom stereocenters. The van der Waals surface area contributed by atoms with Crippen LogP contribution in [0.3, 0.4) is 0 Å². The third kappa shape index (κ3) is 6.88. The van der Waals surface area contributed by atoms with Gasteiger partial charge in [0.15, 0.2) is 16.1 Å². The lowest BCUT2D eigenvalue weighted by atomic mass is 9.97. The molecule has 0 radical (unpaired) electrons. The molecule has 8 nitrogen and oxygen atoms in total. The summed E-state index contributed by atoms with van der Waals surface area (Å²) in [5.74, 6) is 5.16. The second-order valence-corrected chi connectivity index (χ2v) is 13.6. The van der Waals surface area contributed by atoms with E-state index < -0.39 is 26.8 Å². The maximum absolute atomic E-state index is 14.0. The fraction of sp³-hybridized carbons (Fsp3) is 0.355. The molecule has 1 aromatic heterocycles. The van der Waals surface area contributed by atoms with Gasteiger partial charge in [-0.25, -0.2) is 18.7 Å². The molecule has 2 saturated heterocycles. The lowest BCUT2D eigenvalue weighted by Gasteiger charge is -2.31. The molecular weight excluding hydrogens is 560 g/mol. The predicted molar refractivity (Wildman–Crippen MR) is 157 cm³/mol. The molecule has 214 valence electrons. The molecule has 0 spiro atoms. The van der Waals surface area contributed by atoms with Gasteiger partial charge in [0.1, 0.15) is 4.75 Å². The number of sulfone groups is 1. The SMILES string of the molecule is O=C(CC1(c2ccc(C#Cc3ccccc3)s2)CCN(C(=O)c2ccccc2)CCS1(=O)=O)NOC1CCCCO1. The Balaban J connectivity index is 1.43. The average Bonchev–Trinajstić information content (AvgIpc) is 3.44. The number of rotatable bonds is 6. The average molecular weight is 593 g/mol. The molecule has 2 amide bonds. The maximum Gasteiger partial charge on any atom is 0.253 e. The van der Waals surface area contributed by atoms with Crippen LogP contribution in [-0.4, -0.2) is 56.9 Å². The molecule has 41 heavy (non-hydrogen) atoms. The summed E-state index contributed by atoms with van der Waals surface area (Å²) in [6, 6.07) is 21.8. The molecule has 2 aliphatic rings. The minimum absolute atomic E-state index is 0.0396. The Labute approximate surface area is 244 Å². The van der Waals surface area contributed by atoms with Gasteiger partial charge in [-0.3, -0.25) is 9.59 Å². The van der Waals surface area contributed by atoms with Gasteiger partial charge in [0.2, 0.25) is 5.91 Å². The summed E-state index contributed by atoms with van der Waals surface area (Å²) in [6.07, 6.45) is 1.66. The first-order valence-corrected chi connectivity index (χ1v) is 16.1. The van der Waals surface area contributed by atoms with E-state index in [1.54, 1.807) is 41.3 Å². The van der Waals surface area contributed by atoms with Gasteiger partial charge in [0.25, 0.3) is 5.91 Å². The number of amides is 2. The Morgan fingerprint density at radius 1 is 1.00 bits per heavy atom. The molecule has 0 aliphatic carbocycles. The lowest BCUT2D eigenvalue weighted by Crippen LogP contribution is -2.43. The van der Waals surface area contributed by atoms with Gasteiger partial charge < -0.3 is 9.64 Å². The second-order valence-electron chi connectivity index (χ2n) is 10.1. The minimum Gasteiger partial charge on any atom is -0.350 e. The van der Waals surface area contributed by atoms with E-state index in [-0.39, 0.29) is 37.6 Å². The number of benzene rings is 2. The highest BCUT2D eigenvalue weighted by atomic mass is 32.2. The van der Waals surface area contributed by atoms with Gasteiger partial charge in [0.05, 0.1) is 17.1 Å². The van der Waals surface area contributed by atoms with Crippen LogP contribution in [0, 0.1) is 11.8 Å². The number of carbonyl (C=O) groups excluding carboxylic acids is 2. The zero-order chi connectivity index (χ0) is 28.7. The standard InChI is InChI=1S/C31H32N2O6S2/c34-28(32-39-29-13-7-8-21-38-29)23-31(27-17-16-26(40-27)15-14-24-9-3-1-4-10-24)18-19-33(20-22-41(31,36)37)30(35)25-11-5-2-6-12-25/h1-6,9-12,16-17,29H,7-8,13,18-23H2,(H,32,34). The molecule has 3 aromatic rings. The van der Waals surface area contributed by atoms with Crippen LogP contribution in [0.5, 0.6) is 0 Å². The smallest absolute Gasteiger partial charge is 0.253 e. The number of hydrogen-bond acceptors (Lipinski definition) is 7.